The molecule has 0 radical (unpaired) electrons. The highest BCUT2D eigenvalue weighted by Gasteiger charge is 2.37. The van der Waals surface area contributed by atoms with E-state index in [1.54, 1.807) is 0 Å². The molecule has 0 N–H and O–H groups in total. The summed E-state index contributed by atoms with van der Waals surface area (Å²) >= 11 is 9.53. The molecule has 0 amide bonds. The Labute approximate surface area is 151 Å². The normalized spacial score (nSPS) is 13.8. The molecule has 0 saturated carbocycles. The summed E-state index contributed by atoms with van der Waals surface area (Å²) in [6, 6.07) is 0. The van der Waals surface area contributed by atoms with Crippen LogP contribution >= 0.6 is 23.2 Å². The lowest BCUT2D eigenvalue weighted by Gasteiger charge is -2.36. The van der Waals surface area contributed by atoms with E-state index in [1.165, 1.54) is 7.11 Å². The van der Waals surface area contributed by atoms with Gasteiger partial charge in [0.25, 0.3) is 10.1 Å². The lowest BCUT2D eigenvalue weighted by atomic mass is 10.2. The molecular weight excluding hydrogens is 383 g/mol. The maximum Gasteiger partial charge on any atom is 0.336 e. The van der Waals surface area contributed by atoms with Crippen molar-refractivity contribution in [3.63, 3.8) is 0 Å². The number of alkyl halides is 2. The molecule has 0 rings (SSSR count). The third-order valence-corrected chi connectivity index (χ3v) is 8.52. The van der Waals surface area contributed by atoms with Gasteiger partial charge in [0.2, 0.25) is 0 Å². The Kier molecular flexibility index (Phi) is 12.0. The Morgan fingerprint density at radius 2 is 1.65 bits per heavy atom. The average molecular weight is 411 g/mol. The molecule has 1 atom stereocenters. The fourth-order valence-electron chi connectivity index (χ4n) is 1.19. The zero-order valence-corrected chi connectivity index (χ0v) is 18.1. The number of methoxy groups -OCH3 is 1. The Bertz CT molecular complexity index is 448. The molecule has 0 bridgehead atoms. The summed E-state index contributed by atoms with van der Waals surface area (Å²) in [6.45, 7) is 10.7. The van der Waals surface area contributed by atoms with Gasteiger partial charge in [-0.15, -0.1) is 23.2 Å². The quantitative estimate of drug-likeness (QED) is 0.277. The standard InChI is InChI=1S/C12H26O6SSi.CH2Cl2/c1-12(2,3)20(6,7)17-9-8-10(11(13)16-4)18-19(5,14)15;2-1-3/h10H,8-9H2,1-7H3;1H2/t10-;/m0./s1. The monoisotopic (exact) mass is 410 g/mol. The molecule has 0 aliphatic rings. The smallest absolute Gasteiger partial charge is 0.336 e. The van der Waals surface area contributed by atoms with Crippen molar-refractivity contribution in [1.29, 1.82) is 0 Å². The van der Waals surface area contributed by atoms with E-state index in [9.17, 15) is 13.2 Å². The van der Waals surface area contributed by atoms with Crippen LogP contribution in [0.3, 0.4) is 0 Å². The van der Waals surface area contributed by atoms with Crippen molar-refractivity contribution < 1.29 is 26.6 Å². The number of hydrogen-bond donors (Lipinski definition) is 0. The van der Waals surface area contributed by atoms with Crippen LogP contribution in [0.25, 0.3) is 0 Å². The maximum absolute atomic E-state index is 11.5. The number of carbonyl (C=O) groups excluding carboxylic acids is 1. The summed E-state index contributed by atoms with van der Waals surface area (Å²) in [5.74, 6) is -0.714. The molecule has 140 valence electrons. The molecule has 0 aliphatic carbocycles. The summed E-state index contributed by atoms with van der Waals surface area (Å²) in [5.41, 5.74) is 0. The summed E-state index contributed by atoms with van der Waals surface area (Å²) in [5, 5.41) is 0.242. The third kappa shape index (κ3) is 12.2. The van der Waals surface area contributed by atoms with Crippen molar-refractivity contribution in [1.82, 2.24) is 0 Å². The number of rotatable bonds is 7. The lowest BCUT2D eigenvalue weighted by Crippen LogP contribution is -2.42. The Morgan fingerprint density at radius 3 is 1.96 bits per heavy atom. The van der Waals surface area contributed by atoms with Gasteiger partial charge in [-0.1, -0.05) is 20.8 Å². The SMILES string of the molecule is COC(=O)[C@H](CCO[Si](C)(C)C(C)(C)C)OS(C)(=O)=O.ClCCl. The van der Waals surface area contributed by atoms with E-state index in [-0.39, 0.29) is 23.4 Å². The Balaban J connectivity index is 0. The Morgan fingerprint density at radius 1 is 1.22 bits per heavy atom. The van der Waals surface area contributed by atoms with Crippen molar-refractivity contribution in [2.24, 2.45) is 0 Å². The second kappa shape index (κ2) is 10.9. The first-order valence-electron chi connectivity index (χ1n) is 6.93. The molecular formula is C13H28Cl2O6SSi. The highest BCUT2D eigenvalue weighted by atomic mass is 35.5. The summed E-state index contributed by atoms with van der Waals surface area (Å²) < 4.78 is 37.4. The first-order valence-corrected chi connectivity index (χ1v) is 12.7. The van der Waals surface area contributed by atoms with Crippen molar-refractivity contribution in [3.8, 4) is 0 Å². The molecule has 0 saturated heterocycles. The second-order valence-electron chi connectivity index (χ2n) is 6.31. The van der Waals surface area contributed by atoms with E-state index >= 15 is 0 Å². The van der Waals surface area contributed by atoms with Crippen LogP contribution in [-0.2, 0) is 28.3 Å². The second-order valence-corrected chi connectivity index (χ2v) is 13.5. The van der Waals surface area contributed by atoms with Gasteiger partial charge in [-0.05, 0) is 18.1 Å². The summed E-state index contributed by atoms with van der Waals surface area (Å²) in [4.78, 5) is 11.5. The van der Waals surface area contributed by atoms with Crippen LogP contribution in [-0.4, -0.2) is 54.1 Å². The topological polar surface area (TPSA) is 78.9 Å². The van der Waals surface area contributed by atoms with Gasteiger partial charge in [0.15, 0.2) is 14.4 Å². The van der Waals surface area contributed by atoms with E-state index in [2.05, 4.69) is 38.6 Å². The summed E-state index contributed by atoms with van der Waals surface area (Å²) in [7, 11) is -4.46. The fraction of sp³-hybridized carbons (Fsp3) is 0.923. The van der Waals surface area contributed by atoms with E-state index < -0.39 is 30.5 Å². The first-order chi connectivity index (χ1) is 10.2. The van der Waals surface area contributed by atoms with Crippen LogP contribution in [0, 0.1) is 0 Å². The predicted octanol–water partition coefficient (Wildman–Crippen LogP) is 3.34. The van der Waals surface area contributed by atoms with E-state index in [1.807, 2.05) is 0 Å². The number of ether oxygens (including phenoxy) is 1. The molecule has 0 aliphatic heterocycles. The van der Waals surface area contributed by atoms with Gasteiger partial charge in [-0.3, -0.25) is 4.18 Å². The minimum Gasteiger partial charge on any atom is -0.467 e. The van der Waals surface area contributed by atoms with Crippen LogP contribution in [0.2, 0.25) is 18.1 Å². The zero-order valence-electron chi connectivity index (χ0n) is 14.8. The van der Waals surface area contributed by atoms with Crippen LogP contribution in [0.5, 0.6) is 0 Å². The van der Waals surface area contributed by atoms with Gasteiger partial charge in [0, 0.05) is 13.0 Å². The highest BCUT2D eigenvalue weighted by Crippen LogP contribution is 2.36. The van der Waals surface area contributed by atoms with Gasteiger partial charge in [-0.2, -0.15) is 8.42 Å². The van der Waals surface area contributed by atoms with Crippen LogP contribution in [0.15, 0.2) is 0 Å². The highest BCUT2D eigenvalue weighted by molar-refractivity contribution is 7.86. The molecule has 23 heavy (non-hydrogen) atoms. The molecule has 0 aromatic carbocycles. The van der Waals surface area contributed by atoms with E-state index in [0.29, 0.717) is 0 Å². The predicted molar refractivity (Wildman–Crippen MR) is 96.1 cm³/mol. The molecule has 0 aromatic heterocycles. The van der Waals surface area contributed by atoms with E-state index in [4.69, 9.17) is 31.8 Å². The van der Waals surface area contributed by atoms with Crippen LogP contribution in [0.4, 0.5) is 0 Å². The zero-order chi connectivity index (χ0) is 18.9. The molecule has 6 nitrogen and oxygen atoms in total. The van der Waals surface area contributed by atoms with Gasteiger partial charge in [0.05, 0.1) is 18.7 Å². The minimum absolute atomic E-state index is 0.0471. The fourth-order valence-corrected chi connectivity index (χ4v) is 2.84. The molecule has 10 heteroatoms. The molecule has 0 fully saturated rings. The van der Waals surface area contributed by atoms with Crippen LogP contribution in [0.1, 0.15) is 27.2 Å². The maximum atomic E-state index is 11.5. The molecule has 0 aromatic rings. The van der Waals surface area contributed by atoms with Crippen molar-refractivity contribution in [2.45, 2.75) is 51.4 Å². The number of carbonyl (C=O) groups is 1. The van der Waals surface area contributed by atoms with Gasteiger partial charge in [0.1, 0.15) is 0 Å². The lowest BCUT2D eigenvalue weighted by molar-refractivity contribution is -0.149. The average Bonchev–Trinajstić information content (AvgIpc) is 2.34. The first kappa shape index (κ1) is 25.4. The molecule has 0 heterocycles. The molecule has 0 unspecified atom stereocenters. The van der Waals surface area contributed by atoms with Gasteiger partial charge >= 0.3 is 5.97 Å². The number of halogens is 2. The van der Waals surface area contributed by atoms with Crippen molar-refractivity contribution in [3.05, 3.63) is 0 Å². The van der Waals surface area contributed by atoms with Crippen molar-refractivity contribution >= 4 is 47.6 Å². The Hall–Kier alpha value is 0.137. The summed E-state index contributed by atoms with van der Waals surface area (Å²) in [6.07, 6.45) is -0.107. The largest absolute Gasteiger partial charge is 0.467 e. The number of hydrogen-bond acceptors (Lipinski definition) is 6. The minimum atomic E-state index is -3.72. The van der Waals surface area contributed by atoms with Gasteiger partial charge in [-0.25, -0.2) is 4.79 Å². The van der Waals surface area contributed by atoms with Crippen molar-refractivity contribution in [2.75, 3.05) is 25.3 Å². The third-order valence-electron chi connectivity index (χ3n) is 3.40. The number of esters is 1. The van der Waals surface area contributed by atoms with Crippen LogP contribution < -0.4 is 0 Å². The molecule has 0 spiro atoms. The van der Waals surface area contributed by atoms with E-state index in [0.717, 1.165) is 6.26 Å². The van der Waals surface area contributed by atoms with Gasteiger partial charge < -0.3 is 9.16 Å².